The first-order valence-corrected chi connectivity index (χ1v) is 8.58. The van der Waals surface area contributed by atoms with Crippen LogP contribution in [0.4, 0.5) is 5.82 Å². The van der Waals surface area contributed by atoms with Gasteiger partial charge in [0.2, 0.25) is 11.6 Å². The zero-order valence-electron chi connectivity index (χ0n) is 13.6. The van der Waals surface area contributed by atoms with E-state index >= 15 is 0 Å². The fourth-order valence-electron chi connectivity index (χ4n) is 2.57. The van der Waals surface area contributed by atoms with Crippen molar-refractivity contribution in [3.05, 3.63) is 70.0 Å². The lowest BCUT2D eigenvalue weighted by atomic mass is 10.0. The van der Waals surface area contributed by atoms with Gasteiger partial charge in [-0.05, 0) is 34.5 Å². The molecule has 26 heavy (non-hydrogen) atoms. The van der Waals surface area contributed by atoms with Gasteiger partial charge in [0, 0.05) is 10.9 Å². The number of hydrogen-bond donors (Lipinski definition) is 0. The Morgan fingerprint density at radius 2 is 1.92 bits per heavy atom. The molecule has 0 radical (unpaired) electrons. The highest BCUT2D eigenvalue weighted by atomic mass is 32.1. The van der Waals surface area contributed by atoms with E-state index in [4.69, 9.17) is 4.74 Å². The first-order chi connectivity index (χ1) is 12.6. The normalized spacial score (nSPS) is 10.8. The van der Waals surface area contributed by atoms with Gasteiger partial charge in [0.15, 0.2) is 0 Å². The number of benzene rings is 1. The summed E-state index contributed by atoms with van der Waals surface area (Å²) in [6.45, 7) is 2.02. The quantitative estimate of drug-likeness (QED) is 0.383. The van der Waals surface area contributed by atoms with E-state index in [0.717, 1.165) is 26.9 Å². The molecule has 0 bridgehead atoms. The molecule has 0 saturated heterocycles. The van der Waals surface area contributed by atoms with Crippen molar-refractivity contribution in [2.24, 2.45) is 0 Å². The maximum atomic E-state index is 11.2. The molecular formula is C18H12N4O3S. The van der Waals surface area contributed by atoms with Gasteiger partial charge >= 0.3 is 5.82 Å². The van der Waals surface area contributed by atoms with Crippen LogP contribution in [0.2, 0.25) is 0 Å². The molecule has 3 heterocycles. The van der Waals surface area contributed by atoms with Crippen molar-refractivity contribution in [3.63, 3.8) is 0 Å². The van der Waals surface area contributed by atoms with Gasteiger partial charge in [-0.2, -0.15) is 0 Å². The summed E-state index contributed by atoms with van der Waals surface area (Å²) in [5, 5.41) is 13.9. The molecule has 128 valence electrons. The Bertz CT molecular complexity index is 1110. The zero-order chi connectivity index (χ0) is 18.1. The van der Waals surface area contributed by atoms with Crippen molar-refractivity contribution >= 4 is 27.4 Å². The van der Waals surface area contributed by atoms with Crippen molar-refractivity contribution in [1.29, 1.82) is 0 Å². The number of hydrogen-bond acceptors (Lipinski definition) is 7. The van der Waals surface area contributed by atoms with E-state index in [-0.39, 0.29) is 17.4 Å². The predicted octanol–water partition coefficient (Wildman–Crippen LogP) is 4.76. The van der Waals surface area contributed by atoms with Gasteiger partial charge in [0.25, 0.3) is 0 Å². The zero-order valence-corrected chi connectivity index (χ0v) is 14.4. The van der Waals surface area contributed by atoms with E-state index in [1.54, 1.807) is 6.07 Å². The highest BCUT2D eigenvalue weighted by Gasteiger charge is 2.20. The Balaban J connectivity index is 1.85. The van der Waals surface area contributed by atoms with Crippen LogP contribution in [0, 0.1) is 17.0 Å². The minimum absolute atomic E-state index is 0.0403. The maximum Gasteiger partial charge on any atom is 0.406 e. The molecule has 0 atom stereocenters. The molecule has 4 aromatic rings. The molecule has 0 amide bonds. The molecule has 0 aliphatic rings. The van der Waals surface area contributed by atoms with Crippen molar-refractivity contribution in [2.75, 3.05) is 0 Å². The summed E-state index contributed by atoms with van der Waals surface area (Å²) in [7, 11) is 0. The lowest BCUT2D eigenvalue weighted by Gasteiger charge is -2.07. The highest BCUT2D eigenvalue weighted by molar-refractivity contribution is 7.17. The topological polar surface area (TPSA) is 91.0 Å². The smallest absolute Gasteiger partial charge is 0.406 e. The molecule has 1 aromatic carbocycles. The molecular weight excluding hydrogens is 352 g/mol. The number of rotatable bonds is 4. The fourth-order valence-corrected chi connectivity index (χ4v) is 3.48. The van der Waals surface area contributed by atoms with Crippen LogP contribution in [0.25, 0.3) is 21.3 Å². The number of aryl methyl sites for hydroxylation is 1. The molecule has 0 unspecified atom stereocenters. The Hall–Kier alpha value is -3.39. The van der Waals surface area contributed by atoms with E-state index in [0.29, 0.717) is 0 Å². The van der Waals surface area contributed by atoms with Crippen LogP contribution < -0.4 is 4.74 Å². The summed E-state index contributed by atoms with van der Waals surface area (Å²) >= 11 is 1.47. The van der Waals surface area contributed by atoms with Crippen LogP contribution in [0.5, 0.6) is 11.6 Å². The third kappa shape index (κ3) is 2.86. The highest BCUT2D eigenvalue weighted by Crippen LogP contribution is 2.40. The second-order valence-electron chi connectivity index (χ2n) is 5.56. The number of pyridine rings is 1. The summed E-state index contributed by atoms with van der Waals surface area (Å²) in [6.07, 6.45) is 2.73. The number of aromatic nitrogens is 3. The summed E-state index contributed by atoms with van der Waals surface area (Å²) in [6, 6.07) is 11.1. The standard InChI is InChI=1S/C18H12N4O3S/c1-11-4-6-12(7-5-11)13-9-26-18-15(13)17(20-10-21-18)25-14-3-2-8-19-16(14)22(23)24/h2-10H,1H3. The molecule has 0 fully saturated rings. The minimum Gasteiger partial charge on any atom is -0.429 e. The third-order valence-electron chi connectivity index (χ3n) is 3.83. The van der Waals surface area contributed by atoms with Gasteiger partial charge in [0.05, 0.1) is 5.39 Å². The van der Waals surface area contributed by atoms with Gasteiger partial charge < -0.3 is 14.9 Å². The number of ether oxygens (including phenoxy) is 1. The molecule has 3 aromatic heterocycles. The Morgan fingerprint density at radius 3 is 2.69 bits per heavy atom. The van der Waals surface area contributed by atoms with E-state index in [2.05, 4.69) is 15.0 Å². The summed E-state index contributed by atoms with van der Waals surface area (Å²) in [5.74, 6) is -0.0483. The molecule has 0 aliphatic carbocycles. The molecule has 0 saturated carbocycles. The second-order valence-corrected chi connectivity index (χ2v) is 6.42. The van der Waals surface area contributed by atoms with E-state index < -0.39 is 4.92 Å². The van der Waals surface area contributed by atoms with Gasteiger partial charge in [-0.25, -0.2) is 9.97 Å². The predicted molar refractivity (Wildman–Crippen MR) is 98.6 cm³/mol. The van der Waals surface area contributed by atoms with Gasteiger partial charge in [-0.1, -0.05) is 29.8 Å². The molecule has 0 aliphatic heterocycles. The fraction of sp³-hybridized carbons (Fsp3) is 0.0556. The lowest BCUT2D eigenvalue weighted by Crippen LogP contribution is -1.97. The lowest BCUT2D eigenvalue weighted by molar-refractivity contribution is -0.390. The summed E-state index contributed by atoms with van der Waals surface area (Å²) in [4.78, 5) is 23.6. The molecule has 0 spiro atoms. The molecule has 8 heteroatoms. The Labute approximate surface area is 152 Å². The minimum atomic E-state index is -0.581. The second kappa shape index (κ2) is 6.49. The molecule has 4 rings (SSSR count). The number of nitrogens with zero attached hydrogens (tertiary/aromatic N) is 4. The Kier molecular flexibility index (Phi) is 4.02. The van der Waals surface area contributed by atoms with Gasteiger partial charge in [-0.15, -0.1) is 11.3 Å². The molecule has 0 N–H and O–H groups in total. The first kappa shape index (κ1) is 16.1. The van der Waals surface area contributed by atoms with Crippen molar-refractivity contribution in [3.8, 4) is 22.8 Å². The van der Waals surface area contributed by atoms with Crippen LogP contribution >= 0.6 is 11.3 Å². The number of fused-ring (bicyclic) bond motifs is 1. The van der Waals surface area contributed by atoms with Crippen molar-refractivity contribution < 1.29 is 9.66 Å². The van der Waals surface area contributed by atoms with Crippen LogP contribution in [0.3, 0.4) is 0 Å². The summed E-state index contributed by atoms with van der Waals surface area (Å²) in [5.41, 5.74) is 3.08. The van der Waals surface area contributed by atoms with Gasteiger partial charge in [0.1, 0.15) is 17.4 Å². The van der Waals surface area contributed by atoms with E-state index in [9.17, 15) is 10.1 Å². The average Bonchev–Trinajstić information content (AvgIpc) is 3.08. The largest absolute Gasteiger partial charge is 0.429 e. The Morgan fingerprint density at radius 1 is 1.12 bits per heavy atom. The summed E-state index contributed by atoms with van der Waals surface area (Å²) < 4.78 is 5.78. The van der Waals surface area contributed by atoms with Crippen LogP contribution in [-0.2, 0) is 0 Å². The molecule has 7 nitrogen and oxygen atoms in total. The third-order valence-corrected chi connectivity index (χ3v) is 4.71. The van der Waals surface area contributed by atoms with Crippen LogP contribution in [0.15, 0.2) is 54.3 Å². The van der Waals surface area contributed by atoms with E-state index in [1.807, 2.05) is 36.6 Å². The van der Waals surface area contributed by atoms with Crippen LogP contribution in [-0.4, -0.2) is 19.9 Å². The monoisotopic (exact) mass is 364 g/mol. The number of thiophene rings is 1. The van der Waals surface area contributed by atoms with Crippen LogP contribution in [0.1, 0.15) is 5.56 Å². The SMILES string of the molecule is Cc1ccc(-c2csc3ncnc(Oc4cccnc4[N+](=O)[O-])c23)cc1. The van der Waals surface area contributed by atoms with E-state index in [1.165, 1.54) is 29.9 Å². The van der Waals surface area contributed by atoms with Gasteiger partial charge in [-0.3, -0.25) is 0 Å². The van der Waals surface area contributed by atoms with Crippen molar-refractivity contribution in [1.82, 2.24) is 15.0 Å². The maximum absolute atomic E-state index is 11.2. The van der Waals surface area contributed by atoms with Crippen molar-refractivity contribution in [2.45, 2.75) is 6.92 Å². The average molecular weight is 364 g/mol. The first-order valence-electron chi connectivity index (χ1n) is 7.70. The number of nitro groups is 1.